The zero-order valence-electron chi connectivity index (χ0n) is 15.6. The van der Waals surface area contributed by atoms with E-state index in [0.29, 0.717) is 25.3 Å². The van der Waals surface area contributed by atoms with Crippen LogP contribution in [-0.4, -0.2) is 43.2 Å². The number of methoxy groups -OCH3 is 1. The Kier molecular flexibility index (Phi) is 7.84. The van der Waals surface area contributed by atoms with Gasteiger partial charge in [0.1, 0.15) is 11.7 Å². The summed E-state index contributed by atoms with van der Waals surface area (Å²) in [6.45, 7) is 2.73. The molecule has 0 aromatic heterocycles. The average Bonchev–Trinajstić information content (AvgIpc) is 2.65. The molecule has 1 aliphatic carbocycles. The van der Waals surface area contributed by atoms with Crippen LogP contribution < -0.4 is 10.2 Å². The van der Waals surface area contributed by atoms with Crippen LogP contribution in [0.15, 0.2) is 24.3 Å². The number of nitrogens with zero attached hydrogens (tertiary/aromatic N) is 2. The molecule has 0 heterocycles. The normalized spacial score (nSPS) is 16.1. The van der Waals surface area contributed by atoms with Gasteiger partial charge in [0.2, 0.25) is 5.91 Å². The summed E-state index contributed by atoms with van der Waals surface area (Å²) in [4.78, 5) is 25.8. The monoisotopic (exact) mass is 363 g/mol. The third-order valence-corrected chi connectivity index (χ3v) is 4.94. The molecule has 1 unspecified atom stereocenters. The van der Waals surface area contributed by atoms with Crippen molar-refractivity contribution in [1.82, 2.24) is 5.32 Å². The van der Waals surface area contributed by atoms with Gasteiger partial charge in [-0.25, -0.2) is 0 Å². The number of rotatable bonds is 9. The van der Waals surface area contributed by atoms with Gasteiger partial charge in [-0.05, 0) is 25.3 Å². The first-order valence-corrected chi connectivity index (χ1v) is 9.37. The van der Waals surface area contributed by atoms with Crippen LogP contribution in [0.3, 0.4) is 0 Å². The van der Waals surface area contributed by atoms with Gasteiger partial charge in [0.15, 0.2) is 0 Å². The SMILES string of the molecule is CCC(C(=O)NC1CCCCC1)N(CCOC)c1ccccc1[N+](=O)[O-]. The summed E-state index contributed by atoms with van der Waals surface area (Å²) in [6.07, 6.45) is 6.07. The predicted molar refractivity (Wildman–Crippen MR) is 101 cm³/mol. The summed E-state index contributed by atoms with van der Waals surface area (Å²) in [6, 6.07) is 6.31. The maximum absolute atomic E-state index is 12.9. The Bertz CT molecular complexity index is 602. The molecule has 0 bridgehead atoms. The minimum atomic E-state index is -0.465. The van der Waals surface area contributed by atoms with Gasteiger partial charge < -0.3 is 15.0 Å². The second-order valence-corrected chi connectivity index (χ2v) is 6.70. The summed E-state index contributed by atoms with van der Waals surface area (Å²) in [5.74, 6) is -0.0614. The fourth-order valence-corrected chi connectivity index (χ4v) is 3.59. The van der Waals surface area contributed by atoms with E-state index in [1.807, 2.05) is 6.92 Å². The number of anilines is 1. The molecule has 1 atom stereocenters. The third kappa shape index (κ3) is 5.17. The number of benzene rings is 1. The number of carbonyl (C=O) groups is 1. The molecule has 0 saturated heterocycles. The Hall–Kier alpha value is -2.15. The van der Waals surface area contributed by atoms with Crippen molar-refractivity contribution in [3.63, 3.8) is 0 Å². The third-order valence-electron chi connectivity index (χ3n) is 4.94. The van der Waals surface area contributed by atoms with E-state index in [0.717, 1.165) is 25.7 Å². The van der Waals surface area contributed by atoms with Crippen LogP contribution in [0.2, 0.25) is 0 Å². The average molecular weight is 363 g/mol. The quantitative estimate of drug-likeness (QED) is 0.538. The highest BCUT2D eigenvalue weighted by atomic mass is 16.6. The smallest absolute Gasteiger partial charge is 0.292 e. The van der Waals surface area contributed by atoms with Crippen molar-refractivity contribution < 1.29 is 14.5 Å². The number of nitro groups is 1. The van der Waals surface area contributed by atoms with Gasteiger partial charge in [-0.15, -0.1) is 0 Å². The topological polar surface area (TPSA) is 84.7 Å². The second kappa shape index (κ2) is 10.1. The number of hydrogen-bond acceptors (Lipinski definition) is 5. The van der Waals surface area contributed by atoms with Gasteiger partial charge in [0.25, 0.3) is 5.69 Å². The minimum Gasteiger partial charge on any atom is -0.383 e. The Morgan fingerprint density at radius 2 is 2.04 bits per heavy atom. The molecule has 7 heteroatoms. The lowest BCUT2D eigenvalue weighted by Crippen LogP contribution is -2.51. The Morgan fingerprint density at radius 3 is 2.65 bits per heavy atom. The van der Waals surface area contributed by atoms with E-state index in [9.17, 15) is 14.9 Å². The van der Waals surface area contributed by atoms with Crippen LogP contribution in [-0.2, 0) is 9.53 Å². The minimum absolute atomic E-state index is 0.00696. The molecule has 26 heavy (non-hydrogen) atoms. The van der Waals surface area contributed by atoms with Crippen LogP contribution >= 0.6 is 0 Å². The highest BCUT2D eigenvalue weighted by Gasteiger charge is 2.30. The molecule has 7 nitrogen and oxygen atoms in total. The summed E-state index contributed by atoms with van der Waals surface area (Å²) in [5.41, 5.74) is 0.465. The van der Waals surface area contributed by atoms with Gasteiger partial charge >= 0.3 is 0 Å². The summed E-state index contributed by atoms with van der Waals surface area (Å²) >= 11 is 0. The summed E-state index contributed by atoms with van der Waals surface area (Å²) in [7, 11) is 1.58. The summed E-state index contributed by atoms with van der Waals surface area (Å²) < 4.78 is 5.18. The highest BCUT2D eigenvalue weighted by Crippen LogP contribution is 2.30. The zero-order chi connectivity index (χ0) is 18.9. The zero-order valence-corrected chi connectivity index (χ0v) is 15.6. The summed E-state index contributed by atoms with van der Waals surface area (Å²) in [5, 5.41) is 14.6. The van der Waals surface area contributed by atoms with E-state index in [-0.39, 0.29) is 17.6 Å². The van der Waals surface area contributed by atoms with Crippen molar-refractivity contribution in [2.75, 3.05) is 25.2 Å². The Balaban J connectivity index is 2.24. The number of para-hydroxylation sites is 2. The van der Waals surface area contributed by atoms with Crippen molar-refractivity contribution in [1.29, 1.82) is 0 Å². The van der Waals surface area contributed by atoms with E-state index in [1.54, 1.807) is 30.2 Å². The van der Waals surface area contributed by atoms with Gasteiger partial charge in [-0.1, -0.05) is 38.3 Å². The molecule has 0 aliphatic heterocycles. The van der Waals surface area contributed by atoms with Gasteiger partial charge in [0.05, 0.1) is 11.5 Å². The van der Waals surface area contributed by atoms with Crippen LogP contribution in [0, 0.1) is 10.1 Å². The number of nitro benzene ring substituents is 1. The lowest BCUT2D eigenvalue weighted by atomic mass is 9.95. The molecular weight excluding hydrogens is 334 g/mol. The first-order valence-electron chi connectivity index (χ1n) is 9.37. The molecular formula is C19H29N3O4. The molecule has 1 saturated carbocycles. The molecule has 1 aromatic rings. The number of hydrogen-bond donors (Lipinski definition) is 1. The van der Waals surface area contributed by atoms with E-state index < -0.39 is 11.0 Å². The molecule has 1 aliphatic rings. The van der Waals surface area contributed by atoms with Crippen LogP contribution in [0.1, 0.15) is 45.4 Å². The Morgan fingerprint density at radius 1 is 1.35 bits per heavy atom. The number of nitrogens with one attached hydrogen (secondary N) is 1. The highest BCUT2D eigenvalue weighted by molar-refractivity contribution is 5.86. The molecule has 1 N–H and O–H groups in total. The number of amides is 1. The van der Waals surface area contributed by atoms with E-state index in [1.165, 1.54) is 12.5 Å². The fourth-order valence-electron chi connectivity index (χ4n) is 3.59. The largest absolute Gasteiger partial charge is 0.383 e. The van der Waals surface area contributed by atoms with Crippen molar-refractivity contribution >= 4 is 17.3 Å². The first-order chi connectivity index (χ1) is 12.6. The van der Waals surface area contributed by atoms with E-state index >= 15 is 0 Å². The second-order valence-electron chi connectivity index (χ2n) is 6.70. The molecule has 144 valence electrons. The first kappa shape index (κ1) is 20.2. The van der Waals surface area contributed by atoms with E-state index in [2.05, 4.69) is 5.32 Å². The van der Waals surface area contributed by atoms with Crippen molar-refractivity contribution in [2.24, 2.45) is 0 Å². The Labute approximate surface area is 154 Å². The van der Waals surface area contributed by atoms with Crippen LogP contribution in [0.5, 0.6) is 0 Å². The molecule has 2 rings (SSSR count). The molecule has 1 amide bonds. The number of carbonyl (C=O) groups excluding carboxylic acids is 1. The standard InChI is InChI=1S/C19H29N3O4/c1-3-16(19(23)20-15-9-5-4-6-10-15)21(13-14-26-2)17-11-7-8-12-18(17)22(24)25/h7-8,11-12,15-16H,3-6,9-10,13-14H2,1-2H3,(H,20,23). The van der Waals surface area contributed by atoms with Crippen molar-refractivity contribution in [3.05, 3.63) is 34.4 Å². The van der Waals surface area contributed by atoms with Crippen molar-refractivity contribution in [2.45, 2.75) is 57.5 Å². The van der Waals surface area contributed by atoms with Gasteiger partial charge in [0, 0.05) is 25.8 Å². The maximum atomic E-state index is 12.9. The van der Waals surface area contributed by atoms with Gasteiger partial charge in [-0.2, -0.15) is 0 Å². The lowest BCUT2D eigenvalue weighted by molar-refractivity contribution is -0.384. The maximum Gasteiger partial charge on any atom is 0.292 e. The molecule has 1 aromatic carbocycles. The van der Waals surface area contributed by atoms with Gasteiger partial charge in [-0.3, -0.25) is 14.9 Å². The van der Waals surface area contributed by atoms with Crippen molar-refractivity contribution in [3.8, 4) is 0 Å². The van der Waals surface area contributed by atoms with E-state index in [4.69, 9.17) is 4.74 Å². The number of ether oxygens (including phenoxy) is 1. The molecule has 0 radical (unpaired) electrons. The fraction of sp³-hybridized carbons (Fsp3) is 0.632. The van der Waals surface area contributed by atoms with Crippen LogP contribution in [0.4, 0.5) is 11.4 Å². The predicted octanol–water partition coefficient (Wildman–Crippen LogP) is 3.28. The van der Waals surface area contributed by atoms with Crippen LogP contribution in [0.25, 0.3) is 0 Å². The lowest BCUT2D eigenvalue weighted by Gasteiger charge is -2.33. The molecule has 0 spiro atoms. The molecule has 1 fully saturated rings.